The summed E-state index contributed by atoms with van der Waals surface area (Å²) in [6.07, 6.45) is -1.11. The van der Waals surface area contributed by atoms with Gasteiger partial charge < -0.3 is 14.8 Å². The third-order valence-corrected chi connectivity index (χ3v) is 4.05. The van der Waals surface area contributed by atoms with Gasteiger partial charge in [-0.15, -0.1) is 0 Å². The van der Waals surface area contributed by atoms with Gasteiger partial charge in [0.05, 0.1) is 23.3 Å². The summed E-state index contributed by atoms with van der Waals surface area (Å²) in [6.45, 7) is 5.21. The first-order chi connectivity index (χ1) is 12.7. The average molecular weight is 372 g/mol. The molecule has 0 spiro atoms. The highest BCUT2D eigenvalue weighted by atomic mass is 16.6. The van der Waals surface area contributed by atoms with Gasteiger partial charge in [0, 0.05) is 12.1 Å². The molecular weight excluding hydrogens is 352 g/mol. The third-order valence-electron chi connectivity index (χ3n) is 4.05. The second kappa shape index (κ2) is 8.31. The molecule has 8 nitrogen and oxygen atoms in total. The van der Waals surface area contributed by atoms with E-state index in [0.717, 1.165) is 11.1 Å². The SMILES string of the molecule is COc1ccc([N+](=O)[O-])cc1NC(=O)[C@H](C)OC(=O)c1ccc(C)c(C)c1. The summed E-state index contributed by atoms with van der Waals surface area (Å²) >= 11 is 0. The average Bonchev–Trinajstić information content (AvgIpc) is 2.63. The number of methoxy groups -OCH3 is 1. The summed E-state index contributed by atoms with van der Waals surface area (Å²) in [5.41, 5.74) is 2.22. The number of carbonyl (C=O) groups excluding carboxylic acids is 2. The largest absolute Gasteiger partial charge is 0.495 e. The molecule has 2 aromatic carbocycles. The van der Waals surface area contributed by atoms with Crippen LogP contribution in [0.4, 0.5) is 11.4 Å². The summed E-state index contributed by atoms with van der Waals surface area (Å²) in [5.74, 6) is -1.01. The number of nitro groups is 1. The van der Waals surface area contributed by atoms with Crippen LogP contribution in [0.2, 0.25) is 0 Å². The summed E-state index contributed by atoms with van der Waals surface area (Å²) < 4.78 is 10.3. The van der Waals surface area contributed by atoms with E-state index in [2.05, 4.69) is 5.32 Å². The number of hydrogen-bond acceptors (Lipinski definition) is 6. The summed E-state index contributed by atoms with van der Waals surface area (Å²) in [6, 6.07) is 8.92. The molecule has 2 rings (SSSR count). The maximum Gasteiger partial charge on any atom is 0.338 e. The van der Waals surface area contributed by atoms with Crippen molar-refractivity contribution >= 4 is 23.3 Å². The highest BCUT2D eigenvalue weighted by Gasteiger charge is 2.21. The van der Waals surface area contributed by atoms with Gasteiger partial charge in [-0.25, -0.2) is 4.79 Å². The summed E-state index contributed by atoms with van der Waals surface area (Å²) in [4.78, 5) is 34.9. The van der Waals surface area contributed by atoms with Crippen LogP contribution in [0.25, 0.3) is 0 Å². The van der Waals surface area contributed by atoms with E-state index in [1.807, 2.05) is 13.8 Å². The Kier molecular flexibility index (Phi) is 6.12. The number of amides is 1. The van der Waals surface area contributed by atoms with Crippen LogP contribution < -0.4 is 10.1 Å². The molecule has 0 aliphatic carbocycles. The number of esters is 1. The summed E-state index contributed by atoms with van der Waals surface area (Å²) in [7, 11) is 1.38. The molecule has 1 amide bonds. The fourth-order valence-electron chi connectivity index (χ4n) is 2.29. The highest BCUT2D eigenvalue weighted by molar-refractivity contribution is 5.98. The maximum absolute atomic E-state index is 12.3. The molecule has 8 heteroatoms. The first-order valence-corrected chi connectivity index (χ1v) is 8.14. The number of non-ortho nitro benzene ring substituents is 1. The van der Waals surface area contributed by atoms with Gasteiger partial charge in [0.1, 0.15) is 5.75 Å². The van der Waals surface area contributed by atoms with Crippen LogP contribution in [-0.2, 0) is 9.53 Å². The fourth-order valence-corrected chi connectivity index (χ4v) is 2.29. The van der Waals surface area contributed by atoms with Crippen molar-refractivity contribution < 1.29 is 24.0 Å². The second-order valence-corrected chi connectivity index (χ2v) is 5.98. The molecule has 0 heterocycles. The van der Waals surface area contributed by atoms with E-state index < -0.39 is 22.9 Å². The van der Waals surface area contributed by atoms with Gasteiger partial charge in [-0.2, -0.15) is 0 Å². The normalized spacial score (nSPS) is 11.4. The van der Waals surface area contributed by atoms with Crippen molar-refractivity contribution in [1.29, 1.82) is 0 Å². The zero-order valence-corrected chi connectivity index (χ0v) is 15.4. The molecule has 0 fully saturated rings. The van der Waals surface area contributed by atoms with E-state index in [1.54, 1.807) is 18.2 Å². The number of carbonyl (C=O) groups is 2. The predicted molar refractivity (Wildman–Crippen MR) is 99.1 cm³/mol. The van der Waals surface area contributed by atoms with Crippen molar-refractivity contribution in [2.24, 2.45) is 0 Å². The molecule has 0 aliphatic rings. The molecule has 27 heavy (non-hydrogen) atoms. The van der Waals surface area contributed by atoms with Crippen LogP contribution in [-0.4, -0.2) is 30.0 Å². The first kappa shape index (κ1) is 19.9. The van der Waals surface area contributed by atoms with E-state index in [9.17, 15) is 19.7 Å². The molecule has 0 bridgehead atoms. The molecule has 142 valence electrons. The lowest BCUT2D eigenvalue weighted by molar-refractivity contribution is -0.384. The summed E-state index contributed by atoms with van der Waals surface area (Å²) in [5, 5.41) is 13.4. The number of hydrogen-bond donors (Lipinski definition) is 1. The lowest BCUT2D eigenvalue weighted by atomic mass is 10.1. The van der Waals surface area contributed by atoms with E-state index in [-0.39, 0.29) is 17.1 Å². The molecule has 0 aliphatic heterocycles. The Hall–Kier alpha value is -3.42. The number of benzene rings is 2. The van der Waals surface area contributed by atoms with Gasteiger partial charge >= 0.3 is 5.97 Å². The van der Waals surface area contributed by atoms with Crippen LogP contribution in [0.15, 0.2) is 36.4 Å². The van der Waals surface area contributed by atoms with Gasteiger partial charge in [-0.1, -0.05) is 6.07 Å². The van der Waals surface area contributed by atoms with Crippen molar-refractivity contribution in [3.63, 3.8) is 0 Å². The lowest BCUT2D eigenvalue weighted by Crippen LogP contribution is -2.30. The number of nitrogens with zero attached hydrogens (tertiary/aromatic N) is 1. The van der Waals surface area contributed by atoms with Crippen LogP contribution in [0.1, 0.15) is 28.4 Å². The molecule has 0 aromatic heterocycles. The number of nitro benzene ring substituents is 1. The van der Waals surface area contributed by atoms with Crippen molar-refractivity contribution in [1.82, 2.24) is 0 Å². The van der Waals surface area contributed by atoms with E-state index >= 15 is 0 Å². The van der Waals surface area contributed by atoms with Crippen LogP contribution in [0.3, 0.4) is 0 Å². The minimum atomic E-state index is -1.11. The van der Waals surface area contributed by atoms with Crippen molar-refractivity contribution in [2.75, 3.05) is 12.4 Å². The van der Waals surface area contributed by atoms with Crippen molar-refractivity contribution in [3.05, 3.63) is 63.2 Å². The zero-order chi connectivity index (χ0) is 20.1. The maximum atomic E-state index is 12.3. The number of ether oxygens (including phenoxy) is 2. The first-order valence-electron chi connectivity index (χ1n) is 8.14. The molecule has 1 atom stereocenters. The van der Waals surface area contributed by atoms with Crippen LogP contribution >= 0.6 is 0 Å². The number of anilines is 1. The zero-order valence-electron chi connectivity index (χ0n) is 15.4. The second-order valence-electron chi connectivity index (χ2n) is 5.98. The van der Waals surface area contributed by atoms with Crippen LogP contribution in [0.5, 0.6) is 5.75 Å². The van der Waals surface area contributed by atoms with E-state index in [4.69, 9.17) is 9.47 Å². The van der Waals surface area contributed by atoms with Crippen LogP contribution in [0, 0.1) is 24.0 Å². The van der Waals surface area contributed by atoms with E-state index in [0.29, 0.717) is 5.56 Å². The number of aryl methyl sites for hydroxylation is 2. The molecule has 0 radical (unpaired) electrons. The fraction of sp³-hybridized carbons (Fsp3) is 0.263. The Bertz CT molecular complexity index is 894. The Morgan fingerprint density at radius 1 is 1.11 bits per heavy atom. The molecule has 0 saturated heterocycles. The van der Waals surface area contributed by atoms with Gasteiger partial charge in [0.25, 0.3) is 11.6 Å². The van der Waals surface area contributed by atoms with Gasteiger partial charge in [0.15, 0.2) is 6.10 Å². The Labute approximate surface area is 156 Å². The Morgan fingerprint density at radius 2 is 1.81 bits per heavy atom. The smallest absolute Gasteiger partial charge is 0.338 e. The van der Waals surface area contributed by atoms with Gasteiger partial charge in [0.2, 0.25) is 0 Å². The molecule has 0 unspecified atom stereocenters. The molecule has 0 saturated carbocycles. The standard InChI is InChI=1S/C19H20N2O6/c1-11-5-6-14(9-12(11)2)19(23)27-13(3)18(22)20-16-10-15(21(24)25)7-8-17(16)26-4/h5-10,13H,1-4H3,(H,20,22)/t13-/m0/s1. The highest BCUT2D eigenvalue weighted by Crippen LogP contribution is 2.29. The molecule has 2 aromatic rings. The van der Waals surface area contributed by atoms with Crippen molar-refractivity contribution in [3.8, 4) is 5.75 Å². The molecular formula is C19H20N2O6. The quantitative estimate of drug-likeness (QED) is 0.473. The minimum Gasteiger partial charge on any atom is -0.495 e. The van der Waals surface area contributed by atoms with Gasteiger partial charge in [-0.3, -0.25) is 14.9 Å². The van der Waals surface area contributed by atoms with E-state index in [1.165, 1.54) is 32.2 Å². The lowest BCUT2D eigenvalue weighted by Gasteiger charge is -2.15. The minimum absolute atomic E-state index is 0.116. The monoisotopic (exact) mass is 372 g/mol. The Morgan fingerprint density at radius 3 is 2.41 bits per heavy atom. The van der Waals surface area contributed by atoms with Gasteiger partial charge in [-0.05, 0) is 50.1 Å². The van der Waals surface area contributed by atoms with Crippen molar-refractivity contribution in [2.45, 2.75) is 26.9 Å². The number of rotatable bonds is 6. The topological polar surface area (TPSA) is 108 Å². The predicted octanol–water partition coefficient (Wildman–Crippen LogP) is 3.40. The third kappa shape index (κ3) is 4.81. The number of nitrogens with one attached hydrogen (secondary N) is 1. The Balaban J connectivity index is 2.11. The molecule has 1 N–H and O–H groups in total.